The van der Waals surface area contributed by atoms with Crippen LogP contribution in [-0.4, -0.2) is 27.6 Å². The van der Waals surface area contributed by atoms with Crippen molar-refractivity contribution in [2.24, 2.45) is 0 Å². The number of para-hydroxylation sites is 2. The van der Waals surface area contributed by atoms with Gasteiger partial charge in [0.05, 0.1) is 36.2 Å². The Morgan fingerprint density at radius 1 is 0.714 bits per heavy atom. The van der Waals surface area contributed by atoms with Crippen molar-refractivity contribution in [1.29, 1.82) is 0 Å². The summed E-state index contributed by atoms with van der Waals surface area (Å²) in [5.41, 5.74) is 13.0. The van der Waals surface area contributed by atoms with Gasteiger partial charge in [-0.2, -0.15) is 0 Å². The van der Waals surface area contributed by atoms with Crippen LogP contribution in [0.15, 0.2) is 162 Å². The molecule has 0 atom stereocenters. The number of pyridine rings is 2. The first-order chi connectivity index (χ1) is 29.8. The first kappa shape index (κ1) is 43.3. The first-order valence-corrected chi connectivity index (χ1v) is 24.5. The maximum Gasteiger partial charge on any atom is 0.216 e. The predicted octanol–water partition coefficient (Wildman–Crippen LogP) is 14.0. The number of fused-ring (bicyclic) bond motifs is 4. The average molecular weight is 1020 g/mol. The van der Waals surface area contributed by atoms with Crippen molar-refractivity contribution < 1.29 is 28.9 Å². The monoisotopic (exact) mass is 1020 g/mol. The van der Waals surface area contributed by atoms with E-state index in [0.717, 1.165) is 72.4 Å². The number of nitrogens with zero attached hydrogens (tertiary/aromatic N) is 4. The Morgan fingerprint density at radius 3 is 2.14 bits per heavy atom. The molecule has 0 aliphatic heterocycles. The minimum absolute atomic E-state index is 0. The van der Waals surface area contributed by atoms with Crippen LogP contribution in [0.2, 0.25) is 19.6 Å². The zero-order valence-corrected chi connectivity index (χ0v) is 39.8. The van der Waals surface area contributed by atoms with Gasteiger partial charge < -0.3 is 14.0 Å². The number of aryl methyl sites for hydroxylation is 1. The summed E-state index contributed by atoms with van der Waals surface area (Å²) < 4.78 is 22.5. The summed E-state index contributed by atoms with van der Waals surface area (Å²) in [4.78, 5) is 14.6. The van der Waals surface area contributed by atoms with E-state index >= 15 is 0 Å². The molecule has 0 N–H and O–H groups in total. The first-order valence-electron chi connectivity index (χ1n) is 21.0. The van der Waals surface area contributed by atoms with E-state index in [2.05, 4.69) is 130 Å². The van der Waals surface area contributed by atoms with E-state index in [1.165, 1.54) is 22.9 Å². The van der Waals surface area contributed by atoms with Gasteiger partial charge in [-0.1, -0.05) is 119 Å². The number of imidazole rings is 1. The van der Waals surface area contributed by atoms with Crippen molar-refractivity contribution in [3.63, 3.8) is 0 Å². The molecule has 0 amide bonds. The van der Waals surface area contributed by atoms with Gasteiger partial charge in [0.1, 0.15) is 5.82 Å². The van der Waals surface area contributed by atoms with Crippen molar-refractivity contribution in [1.82, 2.24) is 19.5 Å². The van der Waals surface area contributed by atoms with Gasteiger partial charge in [-0.3, -0.25) is 4.98 Å². The van der Waals surface area contributed by atoms with Crippen LogP contribution in [0.4, 0.5) is 4.39 Å². The van der Waals surface area contributed by atoms with E-state index in [1.807, 2.05) is 72.9 Å². The van der Waals surface area contributed by atoms with Crippen molar-refractivity contribution in [2.45, 2.75) is 52.8 Å². The molecule has 5 nitrogen and oxygen atoms in total. The van der Waals surface area contributed by atoms with Crippen molar-refractivity contribution in [2.75, 3.05) is 0 Å². The molecule has 0 saturated heterocycles. The van der Waals surface area contributed by atoms with Crippen molar-refractivity contribution in [3.8, 4) is 50.7 Å². The Bertz CT molecular complexity index is 3200. The normalized spacial score (nSPS) is 11.7. The summed E-state index contributed by atoms with van der Waals surface area (Å²) >= 11 is 0. The summed E-state index contributed by atoms with van der Waals surface area (Å²) in [5.74, 6) is 0.459. The summed E-state index contributed by atoms with van der Waals surface area (Å²) in [6.45, 7) is 15.8. The SMILES string of the molecule is C[Si](C)(C)c1ccc(-c2[c-]cccc2)nc1.Cc1c[c-]c(-c2nc3ccccc3n2-c2ccc(C(C)(C)C)cc2-c2ccccc2)c2oc3nc(-c4ccc(F)cc4)ccc3c12.[Ir]. The van der Waals surface area contributed by atoms with Crippen molar-refractivity contribution >= 4 is 46.4 Å². The van der Waals surface area contributed by atoms with E-state index in [0.29, 0.717) is 17.0 Å². The molecule has 0 unspecified atom stereocenters. The fourth-order valence-corrected chi connectivity index (χ4v) is 8.88. The quantitative estimate of drug-likeness (QED) is 0.123. The van der Waals surface area contributed by atoms with Gasteiger partial charge in [0.2, 0.25) is 5.71 Å². The third-order valence-corrected chi connectivity index (χ3v) is 13.4. The van der Waals surface area contributed by atoms with Gasteiger partial charge >= 0.3 is 0 Å². The van der Waals surface area contributed by atoms with Crippen LogP contribution in [0.1, 0.15) is 31.9 Å². The number of halogens is 1. The van der Waals surface area contributed by atoms with Crippen molar-refractivity contribution in [3.05, 3.63) is 187 Å². The Morgan fingerprint density at radius 2 is 1.44 bits per heavy atom. The second-order valence-electron chi connectivity index (χ2n) is 17.8. The zero-order valence-electron chi connectivity index (χ0n) is 36.4. The maximum atomic E-state index is 13.6. The number of furan rings is 1. The number of aromatic nitrogens is 4. The van der Waals surface area contributed by atoms with Crippen LogP contribution < -0.4 is 5.19 Å². The molecular formula is C55H47FIrN4OSi-2. The van der Waals surface area contributed by atoms with Crippen LogP contribution in [0.25, 0.3) is 83.8 Å². The molecule has 8 heteroatoms. The minimum Gasteiger partial charge on any atom is -0.486 e. The molecule has 10 rings (SSSR count). The fourth-order valence-electron chi connectivity index (χ4n) is 7.85. The van der Waals surface area contributed by atoms with E-state index in [-0.39, 0.29) is 31.3 Å². The molecule has 0 saturated carbocycles. The topological polar surface area (TPSA) is 56.7 Å². The second kappa shape index (κ2) is 17.5. The minimum atomic E-state index is -1.23. The van der Waals surface area contributed by atoms with Gasteiger partial charge in [-0.15, -0.1) is 53.6 Å². The van der Waals surface area contributed by atoms with E-state index in [4.69, 9.17) is 14.4 Å². The molecule has 0 aliphatic carbocycles. The van der Waals surface area contributed by atoms with E-state index < -0.39 is 8.07 Å². The van der Waals surface area contributed by atoms with E-state index in [9.17, 15) is 4.39 Å². The summed E-state index contributed by atoms with van der Waals surface area (Å²) in [7, 11) is -1.23. The smallest absolute Gasteiger partial charge is 0.216 e. The Balaban J connectivity index is 0.000000271. The second-order valence-corrected chi connectivity index (χ2v) is 22.9. The van der Waals surface area contributed by atoms with Crippen LogP contribution in [-0.2, 0) is 25.5 Å². The van der Waals surface area contributed by atoms with E-state index in [1.54, 1.807) is 12.1 Å². The molecule has 315 valence electrons. The number of benzene rings is 6. The zero-order chi connectivity index (χ0) is 43.2. The summed E-state index contributed by atoms with van der Waals surface area (Å²) in [5, 5.41) is 3.29. The molecule has 10 aromatic rings. The summed E-state index contributed by atoms with van der Waals surface area (Å²) in [6, 6.07) is 56.8. The van der Waals surface area contributed by atoms with Crippen LogP contribution in [0.3, 0.4) is 0 Å². The maximum absolute atomic E-state index is 13.6. The standard InChI is InChI=1S/C41H31FN3O.C14H16NSi.Ir/c1-25-14-20-31(38-37(25)30-21-22-33(44-40(30)46-38)27-15-18-29(42)19-16-27)39-43-34-12-8-9-13-36(34)45(39)35-23-17-28(41(2,3)4)24-32(35)26-10-6-5-7-11-26;1-16(2,3)13-9-10-14(15-11-13)12-7-5-4-6-8-12;/h5-19,21-24H,1-4H3;4-7,9-11H,1-3H3;/q2*-1;. The number of hydrogen-bond acceptors (Lipinski definition) is 4. The largest absolute Gasteiger partial charge is 0.486 e. The van der Waals surface area contributed by atoms with Gasteiger partial charge in [0, 0.05) is 48.5 Å². The fraction of sp³-hybridized carbons (Fsp3) is 0.145. The average Bonchev–Trinajstić information content (AvgIpc) is 3.86. The Hall–Kier alpha value is -6.31. The van der Waals surface area contributed by atoms with Gasteiger partial charge in [0.15, 0.2) is 0 Å². The van der Waals surface area contributed by atoms with Crippen LogP contribution >= 0.6 is 0 Å². The predicted molar refractivity (Wildman–Crippen MR) is 256 cm³/mol. The molecule has 63 heavy (non-hydrogen) atoms. The molecule has 4 heterocycles. The molecule has 0 spiro atoms. The number of hydrogen-bond donors (Lipinski definition) is 0. The molecule has 1 radical (unpaired) electrons. The van der Waals surface area contributed by atoms with Gasteiger partial charge in [-0.25, -0.2) is 9.37 Å². The molecule has 0 bridgehead atoms. The third-order valence-electron chi connectivity index (χ3n) is 11.3. The third kappa shape index (κ3) is 8.72. The van der Waals surface area contributed by atoms with Gasteiger partial charge in [-0.05, 0) is 88.1 Å². The Labute approximate surface area is 383 Å². The molecule has 6 aromatic carbocycles. The van der Waals surface area contributed by atoms with Gasteiger partial charge in [0.25, 0.3) is 0 Å². The number of rotatable bonds is 6. The molecule has 0 aliphatic rings. The molecule has 0 fully saturated rings. The molecule has 4 aromatic heterocycles. The Kier molecular flexibility index (Phi) is 12.0. The van der Waals surface area contributed by atoms with Crippen LogP contribution in [0, 0.1) is 24.9 Å². The summed E-state index contributed by atoms with van der Waals surface area (Å²) in [6.07, 6.45) is 2.02. The molecular weight excluding hydrogens is 972 g/mol. The van der Waals surface area contributed by atoms with Crippen LogP contribution in [0.5, 0.6) is 0 Å².